The van der Waals surface area contributed by atoms with E-state index in [1.807, 2.05) is 0 Å². The molecule has 0 aliphatic carbocycles. The van der Waals surface area contributed by atoms with E-state index in [0.29, 0.717) is 13.0 Å². The standard InChI is InChI=1S/C7H14N4O3/c8-5(11-14)4-7(13)10-3-1-2-6(9)12/h14H,1-4H2,(H2,8,11)(H2,9,12)(H,10,13). The van der Waals surface area contributed by atoms with Crippen molar-refractivity contribution in [2.75, 3.05) is 6.54 Å². The maximum Gasteiger partial charge on any atom is 0.227 e. The summed E-state index contributed by atoms with van der Waals surface area (Å²) in [5.41, 5.74) is 9.98. The molecular weight excluding hydrogens is 188 g/mol. The minimum Gasteiger partial charge on any atom is -0.409 e. The third-order valence-electron chi connectivity index (χ3n) is 1.39. The van der Waals surface area contributed by atoms with Crippen molar-refractivity contribution in [1.82, 2.24) is 5.32 Å². The van der Waals surface area contributed by atoms with Gasteiger partial charge in [0.25, 0.3) is 0 Å². The predicted molar refractivity (Wildman–Crippen MR) is 49.5 cm³/mol. The fourth-order valence-corrected chi connectivity index (χ4v) is 0.753. The summed E-state index contributed by atoms with van der Waals surface area (Å²) in [6.07, 6.45) is 0.550. The van der Waals surface area contributed by atoms with E-state index in [1.54, 1.807) is 0 Å². The summed E-state index contributed by atoms with van der Waals surface area (Å²) in [5, 5.41) is 13.3. The summed E-state index contributed by atoms with van der Waals surface area (Å²) in [5.74, 6) is -0.919. The first-order chi connectivity index (χ1) is 6.56. The molecule has 0 fully saturated rings. The lowest BCUT2D eigenvalue weighted by molar-refractivity contribution is -0.121. The molecule has 0 aliphatic heterocycles. The average Bonchev–Trinajstić information content (AvgIpc) is 2.12. The van der Waals surface area contributed by atoms with Crippen molar-refractivity contribution in [2.24, 2.45) is 16.6 Å². The van der Waals surface area contributed by atoms with E-state index in [4.69, 9.17) is 16.7 Å². The molecule has 0 aromatic heterocycles. The Bertz CT molecular complexity index is 239. The van der Waals surface area contributed by atoms with Gasteiger partial charge in [-0.2, -0.15) is 0 Å². The molecule has 2 amide bonds. The first-order valence-corrected chi connectivity index (χ1v) is 4.07. The second kappa shape index (κ2) is 6.70. The van der Waals surface area contributed by atoms with Crippen LogP contribution in [0.2, 0.25) is 0 Å². The third kappa shape index (κ3) is 6.89. The number of rotatable bonds is 6. The molecule has 0 aromatic carbocycles. The number of hydrogen-bond acceptors (Lipinski definition) is 4. The molecule has 0 aromatic rings. The molecule has 0 unspecified atom stereocenters. The van der Waals surface area contributed by atoms with E-state index in [1.165, 1.54) is 0 Å². The Morgan fingerprint density at radius 1 is 1.36 bits per heavy atom. The lowest BCUT2D eigenvalue weighted by Crippen LogP contribution is -2.29. The lowest BCUT2D eigenvalue weighted by Gasteiger charge is -2.02. The zero-order valence-corrected chi connectivity index (χ0v) is 7.69. The van der Waals surface area contributed by atoms with E-state index < -0.39 is 5.91 Å². The normalized spacial score (nSPS) is 11.0. The number of carbonyl (C=O) groups excluding carboxylic acids is 2. The quantitative estimate of drug-likeness (QED) is 0.137. The molecule has 0 radical (unpaired) electrons. The van der Waals surface area contributed by atoms with Crippen LogP contribution in [0.25, 0.3) is 0 Å². The highest BCUT2D eigenvalue weighted by atomic mass is 16.4. The largest absolute Gasteiger partial charge is 0.409 e. The van der Waals surface area contributed by atoms with Crippen LogP contribution in [0.15, 0.2) is 5.16 Å². The maximum atomic E-state index is 11.0. The van der Waals surface area contributed by atoms with Crippen LogP contribution >= 0.6 is 0 Å². The molecular formula is C7H14N4O3. The molecule has 0 aliphatic rings. The molecule has 0 spiro atoms. The summed E-state index contributed by atoms with van der Waals surface area (Å²) in [6, 6.07) is 0. The minimum absolute atomic E-state index is 0.155. The molecule has 0 saturated heterocycles. The number of hydrogen-bond donors (Lipinski definition) is 4. The highest BCUT2D eigenvalue weighted by Gasteiger charge is 2.03. The Labute approximate surface area is 81.1 Å². The zero-order valence-electron chi connectivity index (χ0n) is 7.69. The van der Waals surface area contributed by atoms with Gasteiger partial charge < -0.3 is 22.0 Å². The number of nitrogens with zero attached hydrogens (tertiary/aromatic N) is 1. The first kappa shape index (κ1) is 12.2. The van der Waals surface area contributed by atoms with Crippen molar-refractivity contribution in [3.05, 3.63) is 0 Å². The Kier molecular flexibility index (Phi) is 5.84. The molecule has 14 heavy (non-hydrogen) atoms. The molecule has 0 atom stereocenters. The Hall–Kier alpha value is -1.79. The van der Waals surface area contributed by atoms with Crippen LogP contribution in [0.1, 0.15) is 19.3 Å². The van der Waals surface area contributed by atoms with Gasteiger partial charge in [-0.25, -0.2) is 0 Å². The van der Waals surface area contributed by atoms with Gasteiger partial charge in [0.2, 0.25) is 11.8 Å². The van der Waals surface area contributed by atoms with Gasteiger partial charge in [0.1, 0.15) is 5.84 Å². The fourth-order valence-electron chi connectivity index (χ4n) is 0.753. The zero-order chi connectivity index (χ0) is 11.0. The van der Waals surface area contributed by atoms with Crippen molar-refractivity contribution in [1.29, 1.82) is 0 Å². The van der Waals surface area contributed by atoms with Gasteiger partial charge >= 0.3 is 0 Å². The molecule has 0 rings (SSSR count). The summed E-state index contributed by atoms with van der Waals surface area (Å²) >= 11 is 0. The summed E-state index contributed by atoms with van der Waals surface area (Å²) in [4.78, 5) is 21.3. The smallest absolute Gasteiger partial charge is 0.227 e. The van der Waals surface area contributed by atoms with Gasteiger partial charge in [-0.15, -0.1) is 0 Å². The number of amidine groups is 1. The molecule has 0 heterocycles. The van der Waals surface area contributed by atoms with Gasteiger partial charge in [0.05, 0.1) is 6.42 Å². The Morgan fingerprint density at radius 2 is 2.00 bits per heavy atom. The van der Waals surface area contributed by atoms with Crippen molar-refractivity contribution in [2.45, 2.75) is 19.3 Å². The topological polar surface area (TPSA) is 131 Å². The van der Waals surface area contributed by atoms with Gasteiger partial charge in [-0.1, -0.05) is 5.16 Å². The van der Waals surface area contributed by atoms with E-state index in [-0.39, 0.29) is 24.6 Å². The highest BCUT2D eigenvalue weighted by molar-refractivity contribution is 5.98. The highest BCUT2D eigenvalue weighted by Crippen LogP contribution is 1.86. The van der Waals surface area contributed by atoms with Gasteiger partial charge in [0, 0.05) is 13.0 Å². The van der Waals surface area contributed by atoms with Gasteiger partial charge in [-0.3, -0.25) is 9.59 Å². The second-order valence-electron chi connectivity index (χ2n) is 2.69. The van der Waals surface area contributed by atoms with Gasteiger partial charge in [-0.05, 0) is 6.42 Å². The molecule has 7 nitrogen and oxygen atoms in total. The number of nitrogens with one attached hydrogen (secondary N) is 1. The molecule has 0 bridgehead atoms. The summed E-state index contributed by atoms with van der Waals surface area (Å²) < 4.78 is 0. The van der Waals surface area contributed by atoms with Gasteiger partial charge in [0.15, 0.2) is 0 Å². The van der Waals surface area contributed by atoms with Crippen LogP contribution in [-0.2, 0) is 9.59 Å². The number of oxime groups is 1. The maximum absolute atomic E-state index is 11.0. The van der Waals surface area contributed by atoms with Crippen LogP contribution in [0.4, 0.5) is 0 Å². The van der Waals surface area contributed by atoms with Crippen LogP contribution < -0.4 is 16.8 Å². The van der Waals surface area contributed by atoms with Crippen LogP contribution in [0.5, 0.6) is 0 Å². The first-order valence-electron chi connectivity index (χ1n) is 4.07. The number of primary amides is 1. The molecule has 7 heteroatoms. The lowest BCUT2D eigenvalue weighted by atomic mass is 10.3. The van der Waals surface area contributed by atoms with E-state index in [0.717, 1.165) is 0 Å². The van der Waals surface area contributed by atoms with Crippen molar-refractivity contribution in [3.63, 3.8) is 0 Å². The van der Waals surface area contributed by atoms with E-state index in [2.05, 4.69) is 10.5 Å². The predicted octanol–water partition coefficient (Wildman–Crippen LogP) is -1.50. The number of amides is 2. The molecule has 0 saturated carbocycles. The van der Waals surface area contributed by atoms with E-state index >= 15 is 0 Å². The van der Waals surface area contributed by atoms with Crippen LogP contribution in [0, 0.1) is 0 Å². The second-order valence-corrected chi connectivity index (χ2v) is 2.69. The number of carbonyl (C=O) groups is 2. The summed E-state index contributed by atoms with van der Waals surface area (Å²) in [6.45, 7) is 0.348. The summed E-state index contributed by atoms with van der Waals surface area (Å²) in [7, 11) is 0. The van der Waals surface area contributed by atoms with Crippen LogP contribution in [-0.4, -0.2) is 29.4 Å². The van der Waals surface area contributed by atoms with Crippen molar-refractivity contribution in [3.8, 4) is 0 Å². The minimum atomic E-state index is -0.407. The SMILES string of the molecule is NC(=O)CCCNC(=O)C/C(N)=N/O. The van der Waals surface area contributed by atoms with Crippen LogP contribution in [0.3, 0.4) is 0 Å². The molecule has 80 valence electrons. The molecule has 6 N–H and O–H groups in total. The number of nitrogens with two attached hydrogens (primary N) is 2. The van der Waals surface area contributed by atoms with Crippen molar-refractivity contribution < 1.29 is 14.8 Å². The third-order valence-corrected chi connectivity index (χ3v) is 1.39. The monoisotopic (exact) mass is 202 g/mol. The Balaban J connectivity index is 3.50. The van der Waals surface area contributed by atoms with E-state index in [9.17, 15) is 9.59 Å². The fraction of sp³-hybridized carbons (Fsp3) is 0.571. The average molecular weight is 202 g/mol. The van der Waals surface area contributed by atoms with Crippen molar-refractivity contribution >= 4 is 17.6 Å². The Morgan fingerprint density at radius 3 is 2.50 bits per heavy atom.